The van der Waals surface area contributed by atoms with Crippen LogP contribution in [0.1, 0.15) is 33.4 Å². The van der Waals surface area contributed by atoms with Crippen molar-refractivity contribution in [2.75, 3.05) is 0 Å². The average molecular weight is 479 g/mol. The lowest BCUT2D eigenvalue weighted by molar-refractivity contribution is 0.282. The molecule has 2 heteroatoms. The Balaban J connectivity index is 1.58. The summed E-state index contributed by atoms with van der Waals surface area (Å²) in [7, 11) is 0. The van der Waals surface area contributed by atoms with Crippen molar-refractivity contribution in [1.29, 1.82) is 0 Å². The summed E-state index contributed by atoms with van der Waals surface area (Å²) in [5.74, 6) is 0. The van der Waals surface area contributed by atoms with E-state index in [4.69, 9.17) is 0 Å². The first-order valence-corrected chi connectivity index (χ1v) is 12.7. The second-order valence-electron chi connectivity index (χ2n) is 9.95. The molecule has 1 aliphatic carbocycles. The SMILES string of the molecule is OCc1ccc2cc(C3(c4ccc5cc(CO)ccc5c4)c4ccccc4-c4ccccc43)ccc2c1. The number of fused-ring (bicyclic) bond motifs is 5. The van der Waals surface area contributed by atoms with Crippen molar-refractivity contribution in [1.82, 2.24) is 0 Å². The molecule has 0 radical (unpaired) electrons. The fourth-order valence-corrected chi connectivity index (χ4v) is 6.28. The summed E-state index contributed by atoms with van der Waals surface area (Å²) < 4.78 is 0. The molecular formula is C35H26O2. The third kappa shape index (κ3) is 3.20. The van der Waals surface area contributed by atoms with E-state index in [0.717, 1.165) is 32.7 Å². The second-order valence-corrected chi connectivity index (χ2v) is 9.95. The predicted octanol–water partition coefficient (Wildman–Crippen LogP) is 7.34. The maximum atomic E-state index is 9.64. The van der Waals surface area contributed by atoms with Crippen molar-refractivity contribution in [2.24, 2.45) is 0 Å². The van der Waals surface area contributed by atoms with Crippen LogP contribution in [0.25, 0.3) is 32.7 Å². The zero-order valence-electron chi connectivity index (χ0n) is 20.4. The number of aliphatic hydroxyl groups is 2. The lowest BCUT2D eigenvalue weighted by Crippen LogP contribution is -2.28. The Morgan fingerprint density at radius 3 is 1.30 bits per heavy atom. The van der Waals surface area contributed by atoms with Crippen LogP contribution in [0.2, 0.25) is 0 Å². The van der Waals surface area contributed by atoms with Crippen molar-refractivity contribution in [3.63, 3.8) is 0 Å². The van der Waals surface area contributed by atoms with E-state index in [-0.39, 0.29) is 13.2 Å². The molecule has 0 heterocycles. The molecule has 0 fully saturated rings. The predicted molar refractivity (Wildman–Crippen MR) is 151 cm³/mol. The van der Waals surface area contributed by atoms with Crippen LogP contribution in [-0.2, 0) is 18.6 Å². The maximum absolute atomic E-state index is 9.64. The third-order valence-corrected chi connectivity index (χ3v) is 7.99. The van der Waals surface area contributed by atoms with Gasteiger partial charge in [0.1, 0.15) is 0 Å². The van der Waals surface area contributed by atoms with Gasteiger partial charge in [0.25, 0.3) is 0 Å². The molecule has 0 amide bonds. The van der Waals surface area contributed by atoms with Crippen LogP contribution in [0.3, 0.4) is 0 Å². The Labute approximate surface area is 216 Å². The molecule has 2 nitrogen and oxygen atoms in total. The van der Waals surface area contributed by atoms with Crippen LogP contribution in [0.4, 0.5) is 0 Å². The number of aliphatic hydroxyl groups excluding tert-OH is 2. The zero-order valence-corrected chi connectivity index (χ0v) is 20.4. The quantitative estimate of drug-likeness (QED) is 0.278. The highest BCUT2D eigenvalue weighted by Gasteiger charge is 2.46. The fraction of sp³-hybridized carbons (Fsp3) is 0.0857. The minimum Gasteiger partial charge on any atom is -0.392 e. The molecule has 0 spiro atoms. The molecule has 1 aliphatic rings. The van der Waals surface area contributed by atoms with Gasteiger partial charge in [0.15, 0.2) is 0 Å². The molecule has 6 aromatic carbocycles. The summed E-state index contributed by atoms with van der Waals surface area (Å²) in [6.45, 7) is 0.0783. The van der Waals surface area contributed by atoms with Gasteiger partial charge in [-0.3, -0.25) is 0 Å². The van der Waals surface area contributed by atoms with Crippen molar-refractivity contribution in [2.45, 2.75) is 18.6 Å². The molecule has 0 saturated carbocycles. The van der Waals surface area contributed by atoms with Gasteiger partial charge in [-0.05, 0) is 90.3 Å². The average Bonchev–Trinajstić information content (AvgIpc) is 3.27. The highest BCUT2D eigenvalue weighted by molar-refractivity contribution is 5.91. The van der Waals surface area contributed by atoms with E-state index in [1.54, 1.807) is 0 Å². The summed E-state index contributed by atoms with van der Waals surface area (Å²) in [5, 5.41) is 23.8. The molecule has 2 N–H and O–H groups in total. The van der Waals surface area contributed by atoms with Gasteiger partial charge in [-0.25, -0.2) is 0 Å². The highest BCUT2D eigenvalue weighted by atomic mass is 16.3. The summed E-state index contributed by atoms with van der Waals surface area (Å²) >= 11 is 0. The Bertz CT molecular complexity index is 1680. The van der Waals surface area contributed by atoms with E-state index >= 15 is 0 Å². The smallest absolute Gasteiger partial charge is 0.0714 e. The van der Waals surface area contributed by atoms with E-state index in [2.05, 4.69) is 109 Å². The zero-order chi connectivity index (χ0) is 25.0. The van der Waals surface area contributed by atoms with Gasteiger partial charge < -0.3 is 10.2 Å². The standard InChI is InChI=1S/C35H26O2/c36-21-23-9-11-27-19-29(15-13-25(27)17-23)35(30-16-14-26-18-24(22-37)10-12-28(26)20-30)33-7-3-1-5-31(33)32-6-2-4-8-34(32)35/h1-20,36-37H,21-22H2. The normalized spacial score (nSPS) is 13.6. The maximum Gasteiger partial charge on any atom is 0.0714 e. The fourth-order valence-electron chi connectivity index (χ4n) is 6.28. The Morgan fingerprint density at radius 2 is 0.838 bits per heavy atom. The molecule has 7 rings (SSSR count). The first kappa shape index (κ1) is 22.0. The van der Waals surface area contributed by atoms with E-state index in [1.807, 2.05) is 12.1 Å². The van der Waals surface area contributed by atoms with E-state index in [1.165, 1.54) is 33.4 Å². The van der Waals surface area contributed by atoms with Crippen LogP contribution in [0.15, 0.2) is 121 Å². The number of benzene rings is 6. The highest BCUT2D eigenvalue weighted by Crippen LogP contribution is 2.56. The van der Waals surface area contributed by atoms with Crippen LogP contribution in [-0.4, -0.2) is 10.2 Å². The molecule has 178 valence electrons. The van der Waals surface area contributed by atoms with Gasteiger partial charge >= 0.3 is 0 Å². The third-order valence-electron chi connectivity index (χ3n) is 7.99. The minimum atomic E-state index is -0.471. The summed E-state index contributed by atoms with van der Waals surface area (Å²) in [4.78, 5) is 0. The molecule has 0 saturated heterocycles. The molecule has 37 heavy (non-hydrogen) atoms. The van der Waals surface area contributed by atoms with Gasteiger partial charge in [0, 0.05) is 0 Å². The van der Waals surface area contributed by atoms with Crippen molar-refractivity contribution in [3.05, 3.63) is 155 Å². The lowest BCUT2D eigenvalue weighted by Gasteiger charge is -2.34. The summed E-state index contributed by atoms with van der Waals surface area (Å²) in [6, 6.07) is 43.4. The number of hydrogen-bond donors (Lipinski definition) is 2. The number of hydrogen-bond acceptors (Lipinski definition) is 2. The minimum absolute atomic E-state index is 0.0392. The van der Waals surface area contributed by atoms with E-state index in [9.17, 15) is 10.2 Å². The van der Waals surface area contributed by atoms with Gasteiger partial charge in [-0.2, -0.15) is 0 Å². The lowest BCUT2D eigenvalue weighted by atomic mass is 9.67. The molecule has 0 unspecified atom stereocenters. The Morgan fingerprint density at radius 1 is 0.432 bits per heavy atom. The van der Waals surface area contributed by atoms with Crippen LogP contribution >= 0.6 is 0 Å². The Kier molecular flexibility index (Phi) is 5.00. The molecule has 6 aromatic rings. The van der Waals surface area contributed by atoms with Crippen LogP contribution in [0.5, 0.6) is 0 Å². The molecule has 0 aromatic heterocycles. The van der Waals surface area contributed by atoms with Gasteiger partial charge in [0.05, 0.1) is 18.6 Å². The van der Waals surface area contributed by atoms with Gasteiger partial charge in [-0.1, -0.05) is 97.1 Å². The van der Waals surface area contributed by atoms with Crippen molar-refractivity contribution < 1.29 is 10.2 Å². The first-order chi connectivity index (χ1) is 18.2. The first-order valence-electron chi connectivity index (χ1n) is 12.7. The van der Waals surface area contributed by atoms with Gasteiger partial charge in [0.2, 0.25) is 0 Å². The molecule has 0 aliphatic heterocycles. The van der Waals surface area contributed by atoms with Crippen LogP contribution in [0, 0.1) is 0 Å². The number of rotatable bonds is 4. The second kappa shape index (κ2) is 8.41. The molecule has 0 bridgehead atoms. The topological polar surface area (TPSA) is 40.5 Å². The van der Waals surface area contributed by atoms with Crippen LogP contribution < -0.4 is 0 Å². The van der Waals surface area contributed by atoms with Gasteiger partial charge in [-0.15, -0.1) is 0 Å². The molecular weight excluding hydrogens is 452 g/mol. The summed E-state index contributed by atoms with van der Waals surface area (Å²) in [5.41, 5.74) is 8.92. The van der Waals surface area contributed by atoms with Crippen molar-refractivity contribution in [3.8, 4) is 11.1 Å². The summed E-state index contributed by atoms with van der Waals surface area (Å²) in [6.07, 6.45) is 0. The van der Waals surface area contributed by atoms with E-state index in [0.29, 0.717) is 0 Å². The van der Waals surface area contributed by atoms with E-state index < -0.39 is 5.41 Å². The largest absolute Gasteiger partial charge is 0.392 e. The Hall–Kier alpha value is -4.24. The monoisotopic (exact) mass is 478 g/mol. The van der Waals surface area contributed by atoms with Crippen molar-refractivity contribution >= 4 is 21.5 Å². The molecule has 0 atom stereocenters.